The predicted molar refractivity (Wildman–Crippen MR) is 93.1 cm³/mol. The number of halogens is 4. The summed E-state index contributed by atoms with van der Waals surface area (Å²) in [6, 6.07) is 8.37. The Kier molecular flexibility index (Phi) is 5.58. The predicted octanol–water partition coefficient (Wildman–Crippen LogP) is 5.51. The first-order valence-corrected chi connectivity index (χ1v) is 7.66. The Bertz CT molecular complexity index is 682. The van der Waals surface area contributed by atoms with Crippen molar-refractivity contribution in [1.29, 1.82) is 0 Å². The first-order chi connectivity index (χ1) is 9.88. The van der Waals surface area contributed by atoms with Gasteiger partial charge in [0.15, 0.2) is 5.75 Å². The van der Waals surface area contributed by atoms with Crippen LogP contribution in [0.15, 0.2) is 30.3 Å². The van der Waals surface area contributed by atoms with E-state index >= 15 is 0 Å². The lowest BCUT2D eigenvalue weighted by Crippen LogP contribution is -2.09. The molecule has 0 heterocycles. The molecule has 0 bridgehead atoms. The third-order valence-electron chi connectivity index (χ3n) is 2.67. The van der Waals surface area contributed by atoms with Crippen molar-refractivity contribution in [3.8, 4) is 5.75 Å². The van der Waals surface area contributed by atoms with Gasteiger partial charge in [0, 0.05) is 21.2 Å². The third-order valence-corrected chi connectivity index (χ3v) is 4.04. The Labute approximate surface area is 147 Å². The van der Waals surface area contributed by atoms with Crippen LogP contribution in [0.5, 0.6) is 5.75 Å². The number of thiocarbonyl (C=S) groups is 1. The minimum atomic E-state index is 0.206. The molecule has 0 aliphatic carbocycles. The number of hydrogen-bond donors (Lipinski definition) is 1. The van der Waals surface area contributed by atoms with Gasteiger partial charge in [0.1, 0.15) is 11.6 Å². The van der Waals surface area contributed by atoms with E-state index in [1.54, 1.807) is 30.3 Å². The van der Waals surface area contributed by atoms with Gasteiger partial charge in [0.05, 0.1) is 10.0 Å². The van der Waals surface area contributed by atoms with Crippen molar-refractivity contribution in [2.75, 3.05) is 0 Å². The smallest absolute Gasteiger partial charge is 0.157 e. The van der Waals surface area contributed by atoms with Crippen molar-refractivity contribution in [1.82, 2.24) is 0 Å². The molecule has 21 heavy (non-hydrogen) atoms. The van der Waals surface area contributed by atoms with Crippen molar-refractivity contribution >= 4 is 63.6 Å². The summed E-state index contributed by atoms with van der Waals surface area (Å²) >= 11 is 29.0. The minimum absolute atomic E-state index is 0.206. The summed E-state index contributed by atoms with van der Waals surface area (Å²) in [5, 5.41) is 1.62. The zero-order chi connectivity index (χ0) is 15.6. The van der Waals surface area contributed by atoms with Gasteiger partial charge in [-0.3, -0.25) is 0 Å². The van der Waals surface area contributed by atoms with Crippen molar-refractivity contribution in [3.05, 3.63) is 61.5 Å². The standard InChI is InChI=1S/C14H9Cl4NOS/c15-9-4-11(17)13(12(18)5-9)20-6-8-2-1-7(14(19)21)3-10(8)16/h1-5H,6H2,(H2,19,21). The second kappa shape index (κ2) is 7.03. The first kappa shape index (κ1) is 16.7. The third kappa shape index (κ3) is 4.15. The van der Waals surface area contributed by atoms with Gasteiger partial charge in [-0.05, 0) is 18.2 Å². The fourth-order valence-corrected chi connectivity index (χ4v) is 2.92. The first-order valence-electron chi connectivity index (χ1n) is 5.74. The van der Waals surface area contributed by atoms with Crippen LogP contribution in [0.25, 0.3) is 0 Å². The molecule has 0 radical (unpaired) electrons. The molecule has 0 spiro atoms. The molecule has 2 aromatic rings. The molecule has 2 nitrogen and oxygen atoms in total. The average molecular weight is 381 g/mol. The number of benzene rings is 2. The van der Waals surface area contributed by atoms with E-state index in [0.29, 0.717) is 31.4 Å². The van der Waals surface area contributed by atoms with E-state index in [1.807, 2.05) is 0 Å². The number of nitrogens with two attached hydrogens (primary N) is 1. The van der Waals surface area contributed by atoms with Gasteiger partial charge in [-0.2, -0.15) is 0 Å². The largest absolute Gasteiger partial charge is 0.486 e. The van der Waals surface area contributed by atoms with Crippen molar-refractivity contribution in [3.63, 3.8) is 0 Å². The highest BCUT2D eigenvalue weighted by Crippen LogP contribution is 2.36. The van der Waals surface area contributed by atoms with Crippen LogP contribution in [0.3, 0.4) is 0 Å². The Hall–Kier alpha value is -0.710. The van der Waals surface area contributed by atoms with E-state index in [4.69, 9.17) is 69.1 Å². The second-order valence-electron chi connectivity index (χ2n) is 4.16. The lowest BCUT2D eigenvalue weighted by molar-refractivity contribution is 0.306. The maximum absolute atomic E-state index is 6.16. The molecule has 7 heteroatoms. The summed E-state index contributed by atoms with van der Waals surface area (Å²) < 4.78 is 5.62. The molecule has 0 aliphatic rings. The van der Waals surface area contributed by atoms with Crippen molar-refractivity contribution < 1.29 is 4.74 Å². The zero-order valence-electron chi connectivity index (χ0n) is 10.5. The molecule has 0 aliphatic heterocycles. The Morgan fingerprint density at radius 1 is 1.00 bits per heavy atom. The van der Waals surface area contributed by atoms with Crippen LogP contribution in [-0.2, 0) is 6.61 Å². The van der Waals surface area contributed by atoms with Gasteiger partial charge < -0.3 is 10.5 Å². The SMILES string of the molecule is NC(=S)c1ccc(COc2c(Cl)cc(Cl)cc2Cl)c(Cl)c1. The van der Waals surface area contributed by atoms with Gasteiger partial charge in [-0.25, -0.2) is 0 Å². The van der Waals surface area contributed by atoms with Crippen LogP contribution < -0.4 is 10.5 Å². The van der Waals surface area contributed by atoms with E-state index < -0.39 is 0 Å². The normalized spacial score (nSPS) is 10.5. The fraction of sp³-hybridized carbons (Fsp3) is 0.0714. The van der Waals surface area contributed by atoms with Crippen LogP contribution in [0, 0.1) is 0 Å². The van der Waals surface area contributed by atoms with Crippen LogP contribution in [-0.4, -0.2) is 4.99 Å². The van der Waals surface area contributed by atoms with Crippen LogP contribution in [0.2, 0.25) is 20.1 Å². The molecule has 2 aromatic carbocycles. The Morgan fingerprint density at radius 2 is 1.62 bits per heavy atom. The van der Waals surface area contributed by atoms with E-state index in [2.05, 4.69) is 0 Å². The van der Waals surface area contributed by atoms with E-state index in [1.165, 1.54) is 0 Å². The van der Waals surface area contributed by atoms with Crippen LogP contribution in [0.4, 0.5) is 0 Å². The lowest BCUT2D eigenvalue weighted by atomic mass is 10.1. The monoisotopic (exact) mass is 379 g/mol. The van der Waals surface area contributed by atoms with E-state index in [-0.39, 0.29) is 11.6 Å². The fourth-order valence-electron chi connectivity index (χ4n) is 1.63. The summed E-state index contributed by atoms with van der Waals surface area (Å²) in [5.74, 6) is 0.359. The molecular formula is C14H9Cl4NOS. The number of hydrogen-bond acceptors (Lipinski definition) is 2. The maximum Gasteiger partial charge on any atom is 0.157 e. The molecule has 0 atom stereocenters. The van der Waals surface area contributed by atoms with Gasteiger partial charge in [0.2, 0.25) is 0 Å². The topological polar surface area (TPSA) is 35.2 Å². The summed E-state index contributed by atoms with van der Waals surface area (Å²) in [5.41, 5.74) is 7.00. The van der Waals surface area contributed by atoms with Gasteiger partial charge in [0.25, 0.3) is 0 Å². The van der Waals surface area contributed by atoms with E-state index in [9.17, 15) is 0 Å². The molecule has 0 saturated heterocycles. The molecular weight excluding hydrogens is 372 g/mol. The van der Waals surface area contributed by atoms with Gasteiger partial charge >= 0.3 is 0 Å². The summed E-state index contributed by atoms with van der Waals surface area (Å²) in [7, 11) is 0. The summed E-state index contributed by atoms with van der Waals surface area (Å²) in [4.78, 5) is 0.285. The second-order valence-corrected chi connectivity index (χ2v) is 6.26. The number of rotatable bonds is 4. The average Bonchev–Trinajstić information content (AvgIpc) is 2.38. The van der Waals surface area contributed by atoms with Gasteiger partial charge in [-0.15, -0.1) is 0 Å². The van der Waals surface area contributed by atoms with Crippen molar-refractivity contribution in [2.45, 2.75) is 6.61 Å². The molecule has 0 fully saturated rings. The minimum Gasteiger partial charge on any atom is -0.486 e. The highest BCUT2D eigenvalue weighted by Gasteiger charge is 2.11. The van der Waals surface area contributed by atoms with Crippen LogP contribution >= 0.6 is 58.6 Å². The van der Waals surface area contributed by atoms with Gasteiger partial charge in [-0.1, -0.05) is 70.8 Å². The van der Waals surface area contributed by atoms with E-state index in [0.717, 1.165) is 5.56 Å². The Morgan fingerprint density at radius 3 is 2.14 bits per heavy atom. The lowest BCUT2D eigenvalue weighted by Gasteiger charge is -2.12. The quantitative estimate of drug-likeness (QED) is 0.709. The highest BCUT2D eigenvalue weighted by molar-refractivity contribution is 7.80. The molecule has 0 aromatic heterocycles. The molecule has 2 rings (SSSR count). The maximum atomic E-state index is 6.16. The molecule has 0 unspecified atom stereocenters. The van der Waals surface area contributed by atoms with Crippen LogP contribution in [0.1, 0.15) is 11.1 Å². The highest BCUT2D eigenvalue weighted by atomic mass is 35.5. The molecule has 110 valence electrons. The zero-order valence-corrected chi connectivity index (χ0v) is 14.3. The molecule has 0 saturated carbocycles. The Balaban J connectivity index is 2.19. The number of ether oxygens (including phenoxy) is 1. The summed E-state index contributed by atoms with van der Waals surface area (Å²) in [6.07, 6.45) is 0. The van der Waals surface area contributed by atoms with Crippen molar-refractivity contribution in [2.24, 2.45) is 5.73 Å². The molecule has 0 amide bonds. The summed E-state index contributed by atoms with van der Waals surface area (Å²) in [6.45, 7) is 0.206. The molecule has 2 N–H and O–H groups in total.